The number of nitrogens with one attached hydrogen (secondary N) is 1. The summed E-state index contributed by atoms with van der Waals surface area (Å²) in [6, 6.07) is 9.11. The first-order valence-corrected chi connectivity index (χ1v) is 7.69. The van der Waals surface area contributed by atoms with Gasteiger partial charge in [0.25, 0.3) is 0 Å². The molecule has 6 heteroatoms. The number of hydrogen-bond acceptors (Lipinski definition) is 4. The van der Waals surface area contributed by atoms with Gasteiger partial charge in [-0.3, -0.25) is 0 Å². The number of carbonyl (C=O) groups is 1. The van der Waals surface area contributed by atoms with Gasteiger partial charge in [-0.05, 0) is 43.2 Å². The normalized spacial score (nSPS) is 17.8. The van der Waals surface area contributed by atoms with Crippen molar-refractivity contribution in [2.75, 3.05) is 11.9 Å². The third kappa shape index (κ3) is 2.56. The number of benzene rings is 1. The Morgan fingerprint density at radius 2 is 2.30 bits per heavy atom. The summed E-state index contributed by atoms with van der Waals surface area (Å²) in [5.74, 6) is 1.45. The van der Waals surface area contributed by atoms with Crippen molar-refractivity contribution in [2.24, 2.45) is 0 Å². The van der Waals surface area contributed by atoms with E-state index in [9.17, 15) is 4.79 Å². The Hall–Kier alpha value is -2.76. The molecule has 0 aliphatic carbocycles. The number of oxazole rings is 1. The van der Waals surface area contributed by atoms with E-state index in [0.717, 1.165) is 36.2 Å². The molecule has 1 aromatic carbocycles. The van der Waals surface area contributed by atoms with Crippen LogP contribution in [0.5, 0.6) is 0 Å². The number of nitrogens with zero attached hydrogens (tertiary/aromatic N) is 2. The van der Waals surface area contributed by atoms with Gasteiger partial charge in [-0.25, -0.2) is 9.78 Å². The number of amides is 2. The second kappa shape index (κ2) is 5.46. The van der Waals surface area contributed by atoms with Gasteiger partial charge in [-0.1, -0.05) is 0 Å². The average Bonchev–Trinajstić information content (AvgIpc) is 3.25. The second-order valence-corrected chi connectivity index (χ2v) is 5.71. The Bertz CT molecular complexity index is 838. The van der Waals surface area contributed by atoms with Crippen molar-refractivity contribution in [3.63, 3.8) is 0 Å². The van der Waals surface area contributed by atoms with Gasteiger partial charge in [-0.2, -0.15) is 0 Å². The second-order valence-electron chi connectivity index (χ2n) is 5.71. The first kappa shape index (κ1) is 13.9. The predicted molar refractivity (Wildman–Crippen MR) is 85.2 cm³/mol. The van der Waals surface area contributed by atoms with Crippen LogP contribution in [0.1, 0.15) is 30.5 Å². The molecule has 118 valence electrons. The number of fused-ring (bicyclic) bond motifs is 1. The molecule has 6 nitrogen and oxygen atoms in total. The zero-order valence-corrected chi connectivity index (χ0v) is 12.8. The fourth-order valence-electron chi connectivity index (χ4n) is 3.10. The number of aromatic nitrogens is 1. The summed E-state index contributed by atoms with van der Waals surface area (Å²) in [5, 5.41) is 2.94. The number of urea groups is 1. The topological polar surface area (TPSA) is 71.5 Å². The molecule has 0 radical (unpaired) electrons. The minimum Gasteiger partial charge on any atom is -0.467 e. The third-order valence-electron chi connectivity index (χ3n) is 4.13. The maximum Gasteiger partial charge on any atom is 0.322 e. The Labute approximate surface area is 133 Å². The van der Waals surface area contributed by atoms with Gasteiger partial charge in [0.2, 0.25) is 0 Å². The summed E-state index contributed by atoms with van der Waals surface area (Å²) in [5.41, 5.74) is 2.17. The summed E-state index contributed by atoms with van der Waals surface area (Å²) in [7, 11) is 0. The zero-order valence-electron chi connectivity index (χ0n) is 12.8. The smallest absolute Gasteiger partial charge is 0.322 e. The van der Waals surface area contributed by atoms with Crippen molar-refractivity contribution < 1.29 is 13.6 Å². The van der Waals surface area contributed by atoms with Crippen molar-refractivity contribution in [1.29, 1.82) is 0 Å². The molecule has 4 rings (SSSR count). The molecule has 1 saturated heterocycles. The Morgan fingerprint density at radius 3 is 3.13 bits per heavy atom. The van der Waals surface area contributed by atoms with Gasteiger partial charge < -0.3 is 19.1 Å². The van der Waals surface area contributed by atoms with Crippen LogP contribution in [0.4, 0.5) is 10.5 Å². The van der Waals surface area contributed by atoms with E-state index in [0.29, 0.717) is 11.6 Å². The molecule has 1 atom stereocenters. The molecule has 3 aromatic rings. The Balaban J connectivity index is 1.54. The number of furan rings is 1. The van der Waals surface area contributed by atoms with Gasteiger partial charge in [0.1, 0.15) is 11.3 Å². The van der Waals surface area contributed by atoms with Gasteiger partial charge in [-0.15, -0.1) is 0 Å². The first-order valence-electron chi connectivity index (χ1n) is 7.69. The number of anilines is 1. The highest BCUT2D eigenvalue weighted by Gasteiger charge is 2.31. The number of rotatable bonds is 2. The lowest BCUT2D eigenvalue weighted by molar-refractivity contribution is 0.200. The van der Waals surface area contributed by atoms with Crippen molar-refractivity contribution in [3.05, 3.63) is 48.2 Å². The van der Waals surface area contributed by atoms with Gasteiger partial charge in [0, 0.05) is 19.2 Å². The molecule has 23 heavy (non-hydrogen) atoms. The SMILES string of the molecule is Cc1nc2cc(NC(=O)N3CCCC3c3ccco3)ccc2o1. The summed E-state index contributed by atoms with van der Waals surface area (Å²) in [6.07, 6.45) is 3.54. The molecule has 1 N–H and O–H groups in total. The van der Waals surface area contributed by atoms with Crippen LogP contribution in [0, 0.1) is 6.92 Å². The van der Waals surface area contributed by atoms with E-state index in [1.165, 1.54) is 0 Å². The lowest BCUT2D eigenvalue weighted by Crippen LogP contribution is -2.34. The minimum atomic E-state index is -0.122. The van der Waals surface area contributed by atoms with E-state index in [-0.39, 0.29) is 12.1 Å². The van der Waals surface area contributed by atoms with Gasteiger partial charge in [0.15, 0.2) is 11.5 Å². The van der Waals surface area contributed by atoms with E-state index in [1.54, 1.807) is 13.2 Å². The van der Waals surface area contributed by atoms with Crippen molar-refractivity contribution in [2.45, 2.75) is 25.8 Å². The predicted octanol–water partition coefficient (Wildman–Crippen LogP) is 4.10. The first-order chi connectivity index (χ1) is 11.2. The fraction of sp³-hybridized carbons (Fsp3) is 0.294. The highest BCUT2D eigenvalue weighted by molar-refractivity contribution is 5.92. The van der Waals surface area contributed by atoms with Gasteiger partial charge in [0.05, 0.1) is 12.3 Å². The molecule has 1 fully saturated rings. The minimum absolute atomic E-state index is 0.00280. The fourth-order valence-corrected chi connectivity index (χ4v) is 3.10. The molecule has 0 spiro atoms. The molecule has 0 bridgehead atoms. The van der Waals surface area contributed by atoms with Gasteiger partial charge >= 0.3 is 6.03 Å². The lowest BCUT2D eigenvalue weighted by atomic mass is 10.2. The number of hydrogen-bond donors (Lipinski definition) is 1. The molecular weight excluding hydrogens is 294 g/mol. The zero-order chi connectivity index (χ0) is 15.8. The number of carbonyl (C=O) groups excluding carboxylic acids is 1. The van der Waals surface area contributed by atoms with E-state index in [1.807, 2.05) is 35.2 Å². The summed E-state index contributed by atoms with van der Waals surface area (Å²) < 4.78 is 10.9. The average molecular weight is 311 g/mol. The van der Waals surface area contributed by atoms with Crippen LogP contribution in [0.15, 0.2) is 45.4 Å². The van der Waals surface area contributed by atoms with Crippen molar-refractivity contribution >= 4 is 22.8 Å². The molecule has 0 saturated carbocycles. The maximum absolute atomic E-state index is 12.6. The molecule has 2 amide bonds. The summed E-state index contributed by atoms with van der Waals surface area (Å²) in [4.78, 5) is 18.7. The van der Waals surface area contributed by atoms with Crippen molar-refractivity contribution in [3.8, 4) is 0 Å². The molecule has 1 unspecified atom stereocenters. The third-order valence-corrected chi connectivity index (χ3v) is 4.13. The van der Waals surface area contributed by atoms with E-state index >= 15 is 0 Å². The van der Waals surface area contributed by atoms with Crippen LogP contribution < -0.4 is 5.32 Å². The maximum atomic E-state index is 12.6. The van der Waals surface area contributed by atoms with E-state index in [2.05, 4.69) is 10.3 Å². The molecule has 1 aliphatic heterocycles. The standard InChI is InChI=1S/C17H17N3O3/c1-11-18-13-10-12(6-7-15(13)23-11)19-17(21)20-8-2-4-14(20)16-5-3-9-22-16/h3,5-7,9-10,14H,2,4,8H2,1H3,(H,19,21). The van der Waals surface area contributed by atoms with Crippen LogP contribution in [0.3, 0.4) is 0 Å². The Morgan fingerprint density at radius 1 is 1.39 bits per heavy atom. The van der Waals surface area contributed by atoms with E-state index in [4.69, 9.17) is 8.83 Å². The largest absolute Gasteiger partial charge is 0.467 e. The highest BCUT2D eigenvalue weighted by atomic mass is 16.3. The molecule has 1 aliphatic rings. The number of likely N-dealkylation sites (tertiary alicyclic amines) is 1. The van der Waals surface area contributed by atoms with Crippen LogP contribution in [0.25, 0.3) is 11.1 Å². The highest BCUT2D eigenvalue weighted by Crippen LogP contribution is 2.32. The Kier molecular flexibility index (Phi) is 3.29. The lowest BCUT2D eigenvalue weighted by Gasteiger charge is -2.23. The molecule has 3 heterocycles. The molecular formula is C17H17N3O3. The molecule has 2 aromatic heterocycles. The van der Waals surface area contributed by atoms with Crippen LogP contribution >= 0.6 is 0 Å². The number of aryl methyl sites for hydroxylation is 1. The summed E-state index contributed by atoms with van der Waals surface area (Å²) >= 11 is 0. The quantitative estimate of drug-likeness (QED) is 0.773. The monoisotopic (exact) mass is 311 g/mol. The van der Waals surface area contributed by atoms with Crippen molar-refractivity contribution in [1.82, 2.24) is 9.88 Å². The van der Waals surface area contributed by atoms with Crippen LogP contribution in [-0.4, -0.2) is 22.5 Å². The van der Waals surface area contributed by atoms with E-state index < -0.39 is 0 Å². The van der Waals surface area contributed by atoms with Crippen LogP contribution in [0.2, 0.25) is 0 Å². The summed E-state index contributed by atoms with van der Waals surface area (Å²) in [6.45, 7) is 2.53. The van der Waals surface area contributed by atoms with Crippen LogP contribution in [-0.2, 0) is 0 Å².